The van der Waals surface area contributed by atoms with E-state index >= 15 is 0 Å². The van der Waals surface area contributed by atoms with E-state index in [9.17, 15) is 4.79 Å². The Morgan fingerprint density at radius 3 is 2.55 bits per heavy atom. The fourth-order valence-corrected chi connectivity index (χ4v) is 3.22. The first kappa shape index (κ1) is 20.9. The van der Waals surface area contributed by atoms with Crippen LogP contribution >= 0.6 is 11.6 Å². The highest BCUT2D eigenvalue weighted by atomic mass is 35.5. The summed E-state index contributed by atoms with van der Waals surface area (Å²) in [5, 5.41) is 8.92. The van der Waals surface area contributed by atoms with Crippen molar-refractivity contribution in [3.05, 3.63) is 69.7 Å². The molecule has 0 atom stereocenters. The Hall–Kier alpha value is -2.86. The lowest BCUT2D eigenvalue weighted by Gasteiger charge is -2.13. The van der Waals surface area contributed by atoms with Gasteiger partial charge < -0.3 is 14.4 Å². The number of halogens is 1. The molecular formula is C22H23ClN2O4. The van der Waals surface area contributed by atoms with Crippen molar-refractivity contribution in [1.29, 1.82) is 0 Å². The first-order valence-electron chi connectivity index (χ1n) is 9.29. The number of carbonyl (C=O) groups excluding carboxylic acids is 1. The summed E-state index contributed by atoms with van der Waals surface area (Å²) in [4.78, 5) is 22.7. The van der Waals surface area contributed by atoms with Gasteiger partial charge >= 0.3 is 5.97 Å². The van der Waals surface area contributed by atoms with E-state index in [2.05, 4.69) is 10.3 Å². The van der Waals surface area contributed by atoms with Gasteiger partial charge in [0.2, 0.25) is 0 Å². The number of carbonyl (C=O) groups is 1. The summed E-state index contributed by atoms with van der Waals surface area (Å²) >= 11 is 6.13. The van der Waals surface area contributed by atoms with Gasteiger partial charge in [-0.1, -0.05) is 52.2 Å². The molecule has 0 N–H and O–H groups in total. The van der Waals surface area contributed by atoms with Gasteiger partial charge in [-0.25, -0.2) is 4.79 Å². The number of aryl methyl sites for hydroxylation is 1. The number of hydrogen-bond donors (Lipinski definition) is 0. The van der Waals surface area contributed by atoms with Gasteiger partial charge in [0.05, 0.1) is 12.8 Å². The number of ether oxygens (including phenoxy) is 1. The number of nitrogens with zero attached hydrogens (tertiary/aromatic N) is 2. The number of benzene rings is 2. The Balaban J connectivity index is 1.87. The summed E-state index contributed by atoms with van der Waals surface area (Å²) in [6.45, 7) is 2.12. The molecule has 2 aromatic rings. The van der Waals surface area contributed by atoms with Crippen LogP contribution < -0.4 is 0 Å². The minimum atomic E-state index is -0.584. The van der Waals surface area contributed by atoms with Crippen LogP contribution in [0.25, 0.3) is 0 Å². The summed E-state index contributed by atoms with van der Waals surface area (Å²) in [7, 11) is 2.68. The smallest absolute Gasteiger partial charge is 0.360 e. The molecule has 0 aliphatic heterocycles. The van der Waals surface area contributed by atoms with Crippen molar-refractivity contribution in [2.24, 2.45) is 16.2 Å². The topological polar surface area (TPSA) is 69.5 Å². The largest absolute Gasteiger partial charge is 0.464 e. The van der Waals surface area contributed by atoms with Crippen LogP contribution in [0.2, 0.25) is 5.02 Å². The van der Waals surface area contributed by atoms with Crippen LogP contribution in [-0.2, 0) is 25.8 Å². The van der Waals surface area contributed by atoms with Gasteiger partial charge in [0.25, 0.3) is 0 Å². The summed E-state index contributed by atoms with van der Waals surface area (Å²) < 4.78 is 4.84. The van der Waals surface area contributed by atoms with Crippen molar-refractivity contribution in [2.45, 2.75) is 26.4 Å². The molecule has 2 aromatic carbocycles. The van der Waals surface area contributed by atoms with Gasteiger partial charge in [0.1, 0.15) is 13.7 Å². The van der Waals surface area contributed by atoms with E-state index in [4.69, 9.17) is 26.0 Å². The average molecular weight is 415 g/mol. The van der Waals surface area contributed by atoms with E-state index in [1.165, 1.54) is 14.2 Å². The third-order valence-electron chi connectivity index (χ3n) is 4.68. The number of esters is 1. The lowest BCUT2D eigenvalue weighted by atomic mass is 9.99. The van der Waals surface area contributed by atoms with Gasteiger partial charge in [-0.2, -0.15) is 0 Å². The highest BCUT2D eigenvalue weighted by Crippen LogP contribution is 2.34. The van der Waals surface area contributed by atoms with Crippen LogP contribution in [0.4, 0.5) is 0 Å². The second-order valence-electron chi connectivity index (χ2n) is 6.75. The molecule has 3 rings (SSSR count). The van der Waals surface area contributed by atoms with E-state index in [0.717, 1.165) is 35.2 Å². The predicted octanol–water partition coefficient (Wildman–Crippen LogP) is 4.50. The minimum absolute atomic E-state index is 0.0820. The number of methoxy groups -OCH3 is 1. The van der Waals surface area contributed by atoms with E-state index in [1.54, 1.807) is 6.07 Å². The normalized spacial score (nSPS) is 14.5. The lowest BCUT2D eigenvalue weighted by molar-refractivity contribution is -0.132. The molecule has 1 saturated carbocycles. The Labute approximate surface area is 175 Å². The van der Waals surface area contributed by atoms with Crippen molar-refractivity contribution in [2.75, 3.05) is 14.2 Å². The molecule has 1 aliphatic carbocycles. The Bertz CT molecular complexity index is 952. The Kier molecular flexibility index (Phi) is 6.88. The van der Waals surface area contributed by atoms with Crippen LogP contribution in [-0.4, -0.2) is 31.6 Å². The minimum Gasteiger partial charge on any atom is -0.464 e. The molecule has 0 heterocycles. The molecule has 1 fully saturated rings. The van der Waals surface area contributed by atoms with E-state index in [-0.39, 0.29) is 12.3 Å². The zero-order chi connectivity index (χ0) is 20.8. The van der Waals surface area contributed by atoms with Crippen molar-refractivity contribution in [3.8, 4) is 0 Å². The third-order valence-corrected chi connectivity index (χ3v) is 4.92. The van der Waals surface area contributed by atoms with Crippen molar-refractivity contribution >= 4 is 29.0 Å². The van der Waals surface area contributed by atoms with Gasteiger partial charge in [-0.3, -0.25) is 0 Å². The van der Waals surface area contributed by atoms with Gasteiger partial charge in [0.15, 0.2) is 5.71 Å². The average Bonchev–Trinajstić information content (AvgIpc) is 3.55. The zero-order valence-electron chi connectivity index (χ0n) is 16.6. The standard InChI is InChI=1S/C22H23ClN2O4/c1-14-6-4-9-18(21(24-28-3)22(26)27-2)19(14)13-29-25-20(15-10-11-15)16-7-5-8-17(23)12-16/h4-9,12,15H,10-11,13H2,1-3H3/b24-21+,25-20+. The van der Waals surface area contributed by atoms with Crippen LogP contribution in [0.15, 0.2) is 52.8 Å². The first-order valence-corrected chi connectivity index (χ1v) is 9.67. The summed E-state index contributed by atoms with van der Waals surface area (Å²) in [6.07, 6.45) is 2.16. The molecule has 0 aromatic heterocycles. The molecule has 1 aliphatic rings. The summed E-state index contributed by atoms with van der Waals surface area (Å²) in [5.41, 5.74) is 4.26. The highest BCUT2D eigenvalue weighted by molar-refractivity contribution is 6.43. The fraction of sp³-hybridized carbons (Fsp3) is 0.318. The molecule has 0 bridgehead atoms. The number of oxime groups is 2. The van der Waals surface area contributed by atoms with Crippen molar-refractivity contribution < 1.29 is 19.2 Å². The van der Waals surface area contributed by atoms with Crippen molar-refractivity contribution in [1.82, 2.24) is 0 Å². The maximum Gasteiger partial charge on any atom is 0.360 e. The highest BCUT2D eigenvalue weighted by Gasteiger charge is 2.29. The second-order valence-corrected chi connectivity index (χ2v) is 7.19. The Morgan fingerprint density at radius 2 is 1.90 bits per heavy atom. The molecule has 7 heteroatoms. The van der Waals surface area contributed by atoms with Crippen molar-refractivity contribution in [3.63, 3.8) is 0 Å². The molecule has 0 spiro atoms. The van der Waals surface area contributed by atoms with E-state index in [1.807, 2.05) is 43.3 Å². The van der Waals surface area contributed by atoms with Gasteiger partial charge in [-0.15, -0.1) is 0 Å². The summed E-state index contributed by atoms with van der Waals surface area (Å²) in [6, 6.07) is 13.2. The molecule has 6 nitrogen and oxygen atoms in total. The molecule has 0 amide bonds. The number of hydrogen-bond acceptors (Lipinski definition) is 6. The maximum absolute atomic E-state index is 12.1. The predicted molar refractivity (Wildman–Crippen MR) is 112 cm³/mol. The van der Waals surface area contributed by atoms with Crippen LogP contribution in [0.5, 0.6) is 0 Å². The fourth-order valence-electron chi connectivity index (χ4n) is 3.03. The number of rotatable bonds is 8. The molecule has 152 valence electrons. The monoisotopic (exact) mass is 414 g/mol. The zero-order valence-corrected chi connectivity index (χ0v) is 17.4. The quantitative estimate of drug-likeness (QED) is 0.362. The first-order chi connectivity index (χ1) is 14.0. The van der Waals surface area contributed by atoms with Crippen LogP contribution in [0, 0.1) is 12.8 Å². The Morgan fingerprint density at radius 1 is 1.14 bits per heavy atom. The molecule has 0 unspecified atom stereocenters. The lowest BCUT2D eigenvalue weighted by Crippen LogP contribution is -2.20. The SMILES string of the molecule is CO/N=C(/C(=O)OC)c1cccc(C)c1CO/N=C(/c1cccc(Cl)c1)C1CC1. The second kappa shape index (κ2) is 9.56. The maximum atomic E-state index is 12.1. The molecule has 0 saturated heterocycles. The van der Waals surface area contributed by atoms with Crippen LogP contribution in [0.1, 0.15) is 35.1 Å². The summed E-state index contributed by atoms with van der Waals surface area (Å²) in [5.74, 6) is -0.203. The third kappa shape index (κ3) is 5.15. The van der Waals surface area contributed by atoms with Gasteiger partial charge in [-0.05, 0) is 37.5 Å². The molecule has 0 radical (unpaired) electrons. The van der Waals surface area contributed by atoms with Gasteiger partial charge in [0, 0.05) is 27.6 Å². The van der Waals surface area contributed by atoms with E-state index in [0.29, 0.717) is 16.5 Å². The molecular weight excluding hydrogens is 392 g/mol. The van der Waals surface area contributed by atoms with E-state index < -0.39 is 5.97 Å². The molecule has 29 heavy (non-hydrogen) atoms. The van der Waals surface area contributed by atoms with Crippen LogP contribution in [0.3, 0.4) is 0 Å².